The molecule has 0 atom stereocenters. The van der Waals surface area contributed by atoms with Gasteiger partial charge in [0, 0.05) is 23.6 Å². The predicted octanol–water partition coefficient (Wildman–Crippen LogP) is 2.96. The second kappa shape index (κ2) is 8.06. The van der Waals surface area contributed by atoms with Crippen molar-refractivity contribution in [1.29, 1.82) is 15.8 Å². The van der Waals surface area contributed by atoms with Gasteiger partial charge < -0.3 is 9.84 Å². The molecule has 0 aliphatic rings. The van der Waals surface area contributed by atoms with E-state index in [0.717, 1.165) is 11.1 Å². The summed E-state index contributed by atoms with van der Waals surface area (Å²) in [5.41, 5.74) is 1.67. The Morgan fingerprint density at radius 1 is 1.04 bits per heavy atom. The third kappa shape index (κ3) is 3.96. The van der Waals surface area contributed by atoms with Gasteiger partial charge in [0.15, 0.2) is 5.57 Å². The molecule has 0 saturated carbocycles. The van der Waals surface area contributed by atoms with Crippen LogP contribution in [0.15, 0.2) is 64.6 Å². The monoisotopic (exact) mass is 353 g/mol. The van der Waals surface area contributed by atoms with Crippen molar-refractivity contribution in [3.63, 3.8) is 0 Å². The number of pyridine rings is 1. The maximum atomic E-state index is 9.21. The van der Waals surface area contributed by atoms with Crippen LogP contribution in [0.2, 0.25) is 0 Å². The van der Waals surface area contributed by atoms with Gasteiger partial charge in [-0.15, -0.1) is 0 Å². The predicted molar refractivity (Wildman–Crippen MR) is 94.3 cm³/mol. The molecule has 0 unspecified atom stereocenters. The van der Waals surface area contributed by atoms with Crippen LogP contribution in [-0.4, -0.2) is 15.1 Å². The van der Waals surface area contributed by atoms with E-state index in [0.29, 0.717) is 23.8 Å². The Bertz CT molecular complexity index is 1100. The zero-order valence-corrected chi connectivity index (χ0v) is 13.9. The molecular weight excluding hydrogens is 342 g/mol. The number of nitriles is 3. The van der Waals surface area contributed by atoms with Gasteiger partial charge in [0.2, 0.25) is 11.7 Å². The van der Waals surface area contributed by atoms with Crippen LogP contribution in [0.1, 0.15) is 11.5 Å². The highest BCUT2D eigenvalue weighted by molar-refractivity contribution is 5.62. The van der Waals surface area contributed by atoms with Crippen molar-refractivity contribution in [2.45, 2.75) is 6.42 Å². The summed E-state index contributed by atoms with van der Waals surface area (Å²) < 4.78 is 5.30. The van der Waals surface area contributed by atoms with Crippen LogP contribution in [0.5, 0.6) is 0 Å². The first-order valence-electron chi connectivity index (χ1n) is 7.77. The van der Waals surface area contributed by atoms with E-state index >= 15 is 0 Å². The zero-order valence-electron chi connectivity index (χ0n) is 13.9. The van der Waals surface area contributed by atoms with Crippen molar-refractivity contribution in [3.05, 3.63) is 71.5 Å². The maximum absolute atomic E-state index is 9.21. The van der Waals surface area contributed by atoms with E-state index in [1.165, 1.54) is 0 Å². The quantitative estimate of drug-likeness (QED) is 0.691. The number of nitrogens with zero attached hydrogens (tertiary/aromatic N) is 6. The molecule has 8 nitrogen and oxygen atoms in total. The van der Waals surface area contributed by atoms with Gasteiger partial charge in [-0.3, -0.25) is 4.98 Å². The molecule has 0 amide bonds. The Morgan fingerprint density at radius 2 is 1.85 bits per heavy atom. The minimum absolute atomic E-state index is 0.117. The highest BCUT2D eigenvalue weighted by Gasteiger charge is 2.13. The second-order valence-corrected chi connectivity index (χ2v) is 5.30. The molecule has 0 spiro atoms. The summed E-state index contributed by atoms with van der Waals surface area (Å²) in [5.74, 6) is 0.809. The van der Waals surface area contributed by atoms with E-state index in [1.54, 1.807) is 42.7 Å². The first kappa shape index (κ1) is 17.3. The van der Waals surface area contributed by atoms with Crippen molar-refractivity contribution >= 4 is 5.69 Å². The van der Waals surface area contributed by atoms with Crippen molar-refractivity contribution in [1.82, 2.24) is 15.1 Å². The number of rotatable bonds is 5. The minimum atomic E-state index is -0.288. The summed E-state index contributed by atoms with van der Waals surface area (Å²) in [4.78, 5) is 8.38. The Morgan fingerprint density at radius 3 is 2.56 bits per heavy atom. The zero-order chi connectivity index (χ0) is 19.1. The van der Waals surface area contributed by atoms with Gasteiger partial charge in [-0.25, -0.2) is 0 Å². The minimum Gasteiger partial charge on any atom is -0.345 e. The maximum Gasteiger partial charge on any atom is 0.231 e. The summed E-state index contributed by atoms with van der Waals surface area (Å²) in [6, 6.07) is 16.0. The first-order valence-corrected chi connectivity index (χ1v) is 7.77. The molecule has 2 aromatic heterocycles. The number of para-hydroxylation sites is 1. The lowest BCUT2D eigenvalue weighted by molar-refractivity contribution is 0.386. The van der Waals surface area contributed by atoms with E-state index in [4.69, 9.17) is 15.0 Å². The Balaban J connectivity index is 1.87. The lowest BCUT2D eigenvalue weighted by Gasteiger charge is -2.09. The number of hydrogen-bond donors (Lipinski definition) is 1. The van der Waals surface area contributed by atoms with Gasteiger partial charge in [0.05, 0.1) is 6.42 Å². The molecule has 0 fully saturated rings. The molecule has 128 valence electrons. The smallest absolute Gasteiger partial charge is 0.231 e. The summed E-state index contributed by atoms with van der Waals surface area (Å²) in [5, 5.41) is 33.9. The molecule has 0 bridgehead atoms. The summed E-state index contributed by atoms with van der Waals surface area (Å²) in [6.45, 7) is 0. The number of nitrogens with one attached hydrogen (secondary N) is 1. The van der Waals surface area contributed by atoms with Gasteiger partial charge in [0.25, 0.3) is 0 Å². The fraction of sp³-hybridized carbons (Fsp3) is 0.0526. The highest BCUT2D eigenvalue weighted by atomic mass is 16.5. The van der Waals surface area contributed by atoms with Crippen LogP contribution < -0.4 is 5.32 Å². The molecule has 8 heteroatoms. The fourth-order valence-corrected chi connectivity index (χ4v) is 2.32. The van der Waals surface area contributed by atoms with Crippen LogP contribution >= 0.6 is 0 Å². The molecular formula is C19H11N7O. The molecule has 0 radical (unpaired) electrons. The van der Waals surface area contributed by atoms with Gasteiger partial charge in [0.1, 0.15) is 23.9 Å². The van der Waals surface area contributed by atoms with Gasteiger partial charge in [-0.05, 0) is 23.8 Å². The third-order valence-electron chi connectivity index (χ3n) is 3.59. The van der Waals surface area contributed by atoms with Crippen LogP contribution in [-0.2, 0) is 6.42 Å². The first-order chi connectivity index (χ1) is 13.2. The van der Waals surface area contributed by atoms with E-state index in [9.17, 15) is 5.26 Å². The summed E-state index contributed by atoms with van der Waals surface area (Å²) >= 11 is 0. The van der Waals surface area contributed by atoms with Crippen LogP contribution in [0.4, 0.5) is 5.69 Å². The molecule has 2 heterocycles. The summed E-state index contributed by atoms with van der Waals surface area (Å²) in [6.07, 6.45) is 3.60. The Labute approximate surface area is 154 Å². The van der Waals surface area contributed by atoms with Crippen molar-refractivity contribution in [3.8, 4) is 29.6 Å². The molecule has 0 aliphatic carbocycles. The van der Waals surface area contributed by atoms with Gasteiger partial charge in [-0.1, -0.05) is 23.4 Å². The standard InChI is InChI=1S/C19H11N7O/c20-9-15(10-21)17(11-22)24-16-6-2-1-4-13(16)8-18-25-19(26-27-18)14-5-3-7-23-12-14/h1-7,12,24H,8H2. The normalized spacial score (nSPS) is 9.52. The van der Waals surface area contributed by atoms with E-state index < -0.39 is 0 Å². The van der Waals surface area contributed by atoms with Crippen LogP contribution in [0.25, 0.3) is 11.4 Å². The average Bonchev–Trinajstić information content (AvgIpc) is 3.18. The van der Waals surface area contributed by atoms with Gasteiger partial charge >= 0.3 is 0 Å². The van der Waals surface area contributed by atoms with Crippen LogP contribution in [0, 0.1) is 34.0 Å². The average molecular weight is 353 g/mol. The van der Waals surface area contributed by atoms with E-state index in [-0.39, 0.29) is 11.3 Å². The fourth-order valence-electron chi connectivity index (χ4n) is 2.32. The van der Waals surface area contributed by atoms with E-state index in [2.05, 4.69) is 20.4 Å². The topological polar surface area (TPSA) is 135 Å². The molecule has 1 aromatic carbocycles. The molecule has 0 saturated heterocycles. The van der Waals surface area contributed by atoms with Gasteiger partial charge in [-0.2, -0.15) is 20.8 Å². The largest absolute Gasteiger partial charge is 0.345 e. The SMILES string of the molecule is N#CC(C#N)=C(C#N)Nc1ccccc1Cc1nc(-c2cccnc2)no1. The van der Waals surface area contributed by atoms with Crippen molar-refractivity contribution in [2.75, 3.05) is 5.32 Å². The molecule has 3 rings (SSSR count). The number of allylic oxidation sites excluding steroid dienone is 2. The lowest BCUT2D eigenvalue weighted by atomic mass is 10.1. The summed E-state index contributed by atoms with van der Waals surface area (Å²) in [7, 11) is 0. The number of benzene rings is 1. The molecule has 0 aliphatic heterocycles. The Kier molecular flexibility index (Phi) is 5.18. The number of hydrogen-bond acceptors (Lipinski definition) is 8. The molecule has 1 N–H and O–H groups in total. The van der Waals surface area contributed by atoms with Crippen LogP contribution in [0.3, 0.4) is 0 Å². The van der Waals surface area contributed by atoms with Crippen molar-refractivity contribution in [2.24, 2.45) is 0 Å². The Hall–Kier alpha value is -4.48. The highest BCUT2D eigenvalue weighted by Crippen LogP contribution is 2.22. The molecule has 3 aromatic rings. The molecule has 27 heavy (non-hydrogen) atoms. The lowest BCUT2D eigenvalue weighted by Crippen LogP contribution is -2.04. The number of anilines is 1. The second-order valence-electron chi connectivity index (χ2n) is 5.30. The van der Waals surface area contributed by atoms with Crippen molar-refractivity contribution < 1.29 is 4.52 Å². The van der Waals surface area contributed by atoms with E-state index in [1.807, 2.05) is 24.3 Å². The number of aromatic nitrogens is 3. The third-order valence-corrected chi connectivity index (χ3v) is 3.59.